The Kier molecular flexibility index (Phi) is 4.80. The second-order valence-corrected chi connectivity index (χ2v) is 6.44. The predicted molar refractivity (Wildman–Crippen MR) is 86.0 cm³/mol. The van der Waals surface area contributed by atoms with Crippen LogP contribution in [0.5, 0.6) is 0 Å². The number of benzene rings is 1. The lowest BCUT2D eigenvalue weighted by molar-refractivity contribution is -0.129. The number of nitrogens with zero attached hydrogens (tertiary/aromatic N) is 1. The first kappa shape index (κ1) is 16.8. The van der Waals surface area contributed by atoms with Gasteiger partial charge in [-0.2, -0.15) is 0 Å². The molecule has 2 saturated heterocycles. The number of carbonyl (C=O) groups is 2. The highest BCUT2D eigenvalue weighted by Gasteiger charge is 2.35. The number of carbonyl (C=O) groups excluding carboxylic acids is 2. The number of rotatable bonds is 3. The van der Waals surface area contributed by atoms with Crippen LogP contribution in [0.25, 0.3) is 0 Å². The van der Waals surface area contributed by atoms with E-state index in [1.54, 1.807) is 12.1 Å². The van der Waals surface area contributed by atoms with Crippen LogP contribution < -0.4 is 15.5 Å². The van der Waals surface area contributed by atoms with Gasteiger partial charge in [-0.15, -0.1) is 0 Å². The Hall–Kier alpha value is -2.02. The fraction of sp³-hybridized carbons (Fsp3) is 0.529. The molecule has 3 atom stereocenters. The Morgan fingerprint density at radius 3 is 2.92 bits per heavy atom. The molecule has 1 aromatic carbocycles. The van der Waals surface area contributed by atoms with E-state index < -0.39 is 24.1 Å². The maximum Gasteiger partial charge on any atom is 0.249 e. The Bertz CT molecular complexity index is 653. The molecule has 0 bridgehead atoms. The third-order valence-corrected chi connectivity index (χ3v) is 4.54. The van der Waals surface area contributed by atoms with Crippen LogP contribution in [0.2, 0.25) is 0 Å². The fourth-order valence-corrected chi connectivity index (χ4v) is 3.24. The molecule has 7 heteroatoms. The molecule has 2 aliphatic heterocycles. The number of amides is 2. The number of halogens is 2. The van der Waals surface area contributed by atoms with E-state index >= 15 is 0 Å². The Morgan fingerprint density at radius 1 is 1.42 bits per heavy atom. The van der Waals surface area contributed by atoms with Crippen LogP contribution in [-0.4, -0.2) is 43.2 Å². The minimum absolute atomic E-state index is 0.114. The molecule has 3 unspecified atom stereocenters. The zero-order valence-electron chi connectivity index (χ0n) is 13.5. The number of hydrogen-bond acceptors (Lipinski definition) is 3. The van der Waals surface area contributed by atoms with Gasteiger partial charge >= 0.3 is 0 Å². The zero-order chi connectivity index (χ0) is 17.3. The quantitative estimate of drug-likeness (QED) is 0.878. The lowest BCUT2D eigenvalue weighted by Crippen LogP contribution is -2.55. The van der Waals surface area contributed by atoms with Gasteiger partial charge < -0.3 is 15.5 Å². The van der Waals surface area contributed by atoms with Crippen molar-refractivity contribution in [2.75, 3.05) is 18.0 Å². The molecular weight excluding hydrogens is 316 g/mol. The molecule has 0 aliphatic carbocycles. The highest BCUT2D eigenvalue weighted by molar-refractivity contribution is 6.00. The molecule has 0 radical (unpaired) electrons. The van der Waals surface area contributed by atoms with Crippen LogP contribution in [0.3, 0.4) is 0 Å². The van der Waals surface area contributed by atoms with Gasteiger partial charge in [-0.3, -0.25) is 9.59 Å². The summed E-state index contributed by atoms with van der Waals surface area (Å²) in [6.45, 7) is 2.40. The summed E-state index contributed by atoms with van der Waals surface area (Å²) in [6, 6.07) is 3.30. The van der Waals surface area contributed by atoms with E-state index in [1.807, 2.05) is 6.92 Å². The average molecular weight is 337 g/mol. The highest BCUT2D eigenvalue weighted by atomic mass is 19.1. The molecule has 3 rings (SSSR count). The second-order valence-electron chi connectivity index (χ2n) is 6.44. The standard InChI is InChI=1S/C17H21F2N3O2/c1-10-4-5-12(19)15(7-10)22-6-2-3-13(17(22)24)21-16(23)14-8-11(18)9-20-14/h4-5,7,11,13-14,20H,2-3,6,8-9H2,1H3,(H,21,23). The third-order valence-electron chi connectivity index (χ3n) is 4.54. The van der Waals surface area contributed by atoms with Crippen molar-refractivity contribution in [3.63, 3.8) is 0 Å². The summed E-state index contributed by atoms with van der Waals surface area (Å²) in [4.78, 5) is 26.2. The van der Waals surface area contributed by atoms with Gasteiger partial charge in [0.25, 0.3) is 0 Å². The van der Waals surface area contributed by atoms with Crippen molar-refractivity contribution in [2.45, 2.75) is 44.4 Å². The summed E-state index contributed by atoms with van der Waals surface area (Å²) in [5, 5.41) is 5.48. The van der Waals surface area contributed by atoms with Crippen LogP contribution in [0.1, 0.15) is 24.8 Å². The molecule has 2 heterocycles. The predicted octanol–water partition coefficient (Wildman–Crippen LogP) is 1.45. The summed E-state index contributed by atoms with van der Waals surface area (Å²) in [5.41, 5.74) is 1.09. The zero-order valence-corrected chi connectivity index (χ0v) is 13.5. The van der Waals surface area contributed by atoms with E-state index in [2.05, 4.69) is 10.6 Å². The van der Waals surface area contributed by atoms with Gasteiger partial charge in [0.2, 0.25) is 11.8 Å². The summed E-state index contributed by atoms with van der Waals surface area (Å²) < 4.78 is 27.3. The Morgan fingerprint density at radius 2 is 2.21 bits per heavy atom. The summed E-state index contributed by atoms with van der Waals surface area (Å²) >= 11 is 0. The largest absolute Gasteiger partial charge is 0.343 e. The van der Waals surface area contributed by atoms with Gasteiger partial charge in [0, 0.05) is 19.5 Å². The van der Waals surface area contributed by atoms with E-state index in [-0.39, 0.29) is 30.5 Å². The third kappa shape index (κ3) is 3.40. The molecule has 0 aromatic heterocycles. The van der Waals surface area contributed by atoms with Crippen LogP contribution >= 0.6 is 0 Å². The summed E-state index contributed by atoms with van der Waals surface area (Å²) in [6.07, 6.45) is 0.234. The van der Waals surface area contributed by atoms with Gasteiger partial charge in [0.05, 0.1) is 11.7 Å². The molecule has 0 spiro atoms. The van der Waals surface area contributed by atoms with Crippen molar-refractivity contribution in [1.82, 2.24) is 10.6 Å². The minimum atomic E-state index is -1.04. The monoisotopic (exact) mass is 337 g/mol. The van der Waals surface area contributed by atoms with Gasteiger partial charge in [0.1, 0.15) is 18.0 Å². The molecule has 5 nitrogen and oxygen atoms in total. The lowest BCUT2D eigenvalue weighted by atomic mass is 10.0. The maximum absolute atomic E-state index is 14.1. The fourth-order valence-electron chi connectivity index (χ4n) is 3.24. The Balaban J connectivity index is 1.71. The van der Waals surface area contributed by atoms with Crippen LogP contribution in [0, 0.1) is 12.7 Å². The van der Waals surface area contributed by atoms with E-state index in [0.29, 0.717) is 19.4 Å². The van der Waals surface area contributed by atoms with Gasteiger partial charge in [-0.1, -0.05) is 6.07 Å². The van der Waals surface area contributed by atoms with Crippen molar-refractivity contribution in [1.29, 1.82) is 0 Å². The molecule has 2 amide bonds. The van der Waals surface area contributed by atoms with Gasteiger partial charge in [0.15, 0.2) is 0 Å². The number of piperidine rings is 1. The molecule has 24 heavy (non-hydrogen) atoms. The first-order chi connectivity index (χ1) is 11.5. The number of aryl methyl sites for hydroxylation is 1. The second kappa shape index (κ2) is 6.84. The molecule has 2 aliphatic rings. The number of hydrogen-bond donors (Lipinski definition) is 2. The molecular formula is C17H21F2N3O2. The van der Waals surface area contributed by atoms with Gasteiger partial charge in [-0.05, 0) is 37.5 Å². The molecule has 0 saturated carbocycles. The van der Waals surface area contributed by atoms with Crippen LogP contribution in [0.4, 0.5) is 14.5 Å². The van der Waals surface area contributed by atoms with Crippen molar-refractivity contribution in [3.05, 3.63) is 29.6 Å². The van der Waals surface area contributed by atoms with E-state index in [0.717, 1.165) is 5.56 Å². The highest BCUT2D eigenvalue weighted by Crippen LogP contribution is 2.25. The first-order valence-corrected chi connectivity index (χ1v) is 8.21. The lowest BCUT2D eigenvalue weighted by Gasteiger charge is -2.33. The average Bonchev–Trinajstić information content (AvgIpc) is 2.98. The summed E-state index contributed by atoms with van der Waals surface area (Å²) in [7, 11) is 0. The number of nitrogens with one attached hydrogen (secondary N) is 2. The van der Waals surface area contributed by atoms with Crippen molar-refractivity contribution < 1.29 is 18.4 Å². The van der Waals surface area contributed by atoms with Crippen LogP contribution in [0.15, 0.2) is 18.2 Å². The van der Waals surface area contributed by atoms with Crippen molar-refractivity contribution in [3.8, 4) is 0 Å². The van der Waals surface area contributed by atoms with E-state index in [4.69, 9.17) is 0 Å². The van der Waals surface area contributed by atoms with Crippen molar-refractivity contribution in [2.24, 2.45) is 0 Å². The molecule has 2 fully saturated rings. The minimum Gasteiger partial charge on any atom is -0.343 e. The molecule has 130 valence electrons. The molecule has 1 aromatic rings. The molecule has 2 N–H and O–H groups in total. The number of anilines is 1. The smallest absolute Gasteiger partial charge is 0.249 e. The summed E-state index contributed by atoms with van der Waals surface area (Å²) in [5.74, 6) is -1.16. The van der Waals surface area contributed by atoms with E-state index in [1.165, 1.54) is 11.0 Å². The van der Waals surface area contributed by atoms with Gasteiger partial charge in [-0.25, -0.2) is 8.78 Å². The van der Waals surface area contributed by atoms with Crippen molar-refractivity contribution >= 4 is 17.5 Å². The first-order valence-electron chi connectivity index (χ1n) is 8.21. The Labute approximate surface area is 139 Å². The normalized spacial score (nSPS) is 27.4. The van der Waals surface area contributed by atoms with Crippen LogP contribution in [-0.2, 0) is 9.59 Å². The maximum atomic E-state index is 14.1. The van der Waals surface area contributed by atoms with E-state index in [9.17, 15) is 18.4 Å². The topological polar surface area (TPSA) is 61.4 Å². The number of alkyl halides is 1. The SMILES string of the molecule is Cc1ccc(F)c(N2CCCC(NC(=O)C3CC(F)CN3)C2=O)c1.